The molecule has 2 heterocycles. The minimum atomic E-state index is -4.11. The van der Waals surface area contributed by atoms with Crippen LogP contribution in [-0.4, -0.2) is 23.6 Å². The van der Waals surface area contributed by atoms with Gasteiger partial charge in [-0.2, -0.15) is 17.5 Å². The van der Waals surface area contributed by atoms with Crippen molar-refractivity contribution in [1.82, 2.24) is 4.37 Å². The van der Waals surface area contributed by atoms with Crippen molar-refractivity contribution in [3.05, 3.63) is 24.3 Å². The molecule has 0 radical (unpaired) electrons. The van der Waals surface area contributed by atoms with Crippen LogP contribution in [0.2, 0.25) is 0 Å². The second-order valence-electron chi connectivity index (χ2n) is 4.83. The number of hydrogen-bond donors (Lipinski definition) is 0. The highest BCUT2D eigenvalue weighted by Gasteiger charge is 2.42. The first-order valence-electron chi connectivity index (χ1n) is 6.22. The van der Waals surface area contributed by atoms with E-state index >= 15 is 0 Å². The molecule has 1 saturated heterocycles. The summed E-state index contributed by atoms with van der Waals surface area (Å²) in [7, 11) is 0. The molecular formula is C13H13F3N2S. The topological polar surface area (TPSA) is 16.1 Å². The predicted molar refractivity (Wildman–Crippen MR) is 70.6 cm³/mol. The quantitative estimate of drug-likeness (QED) is 0.785. The molecule has 0 spiro atoms. The van der Waals surface area contributed by atoms with Gasteiger partial charge in [0, 0.05) is 18.5 Å². The average Bonchev–Trinajstić information content (AvgIpc) is 2.82. The number of alkyl halides is 3. The molecule has 0 saturated carbocycles. The highest BCUT2D eigenvalue weighted by atomic mass is 32.1. The Bertz CT molecular complexity index is 579. The van der Waals surface area contributed by atoms with E-state index in [0.717, 1.165) is 10.1 Å². The summed E-state index contributed by atoms with van der Waals surface area (Å²) in [4.78, 5) is 1.78. The van der Waals surface area contributed by atoms with Gasteiger partial charge in [0.2, 0.25) is 0 Å². The van der Waals surface area contributed by atoms with Crippen LogP contribution in [0.4, 0.5) is 19.0 Å². The third-order valence-electron chi connectivity index (χ3n) is 3.54. The summed E-state index contributed by atoms with van der Waals surface area (Å²) < 4.78 is 43.8. The van der Waals surface area contributed by atoms with Gasteiger partial charge in [0.05, 0.1) is 10.6 Å². The Morgan fingerprint density at radius 3 is 2.84 bits per heavy atom. The monoisotopic (exact) mass is 286 g/mol. The Balaban J connectivity index is 1.90. The van der Waals surface area contributed by atoms with Crippen LogP contribution in [0.3, 0.4) is 0 Å². The van der Waals surface area contributed by atoms with Crippen molar-refractivity contribution in [3.8, 4) is 0 Å². The molecule has 1 aliphatic rings. The van der Waals surface area contributed by atoms with Crippen LogP contribution in [0.25, 0.3) is 10.1 Å². The van der Waals surface area contributed by atoms with Crippen LogP contribution >= 0.6 is 11.5 Å². The van der Waals surface area contributed by atoms with Crippen LogP contribution in [-0.2, 0) is 0 Å². The molecule has 0 unspecified atom stereocenters. The molecule has 0 amide bonds. The summed E-state index contributed by atoms with van der Waals surface area (Å²) in [6.07, 6.45) is -3.32. The molecule has 0 N–H and O–H groups in total. The molecule has 19 heavy (non-hydrogen) atoms. The lowest BCUT2D eigenvalue weighted by Crippen LogP contribution is -2.41. The molecule has 3 rings (SSSR count). The van der Waals surface area contributed by atoms with E-state index in [4.69, 9.17) is 0 Å². The van der Waals surface area contributed by atoms with Crippen LogP contribution in [0, 0.1) is 5.92 Å². The van der Waals surface area contributed by atoms with Gasteiger partial charge >= 0.3 is 6.18 Å². The van der Waals surface area contributed by atoms with Gasteiger partial charge in [-0.25, -0.2) is 0 Å². The minimum absolute atomic E-state index is 0.0250. The first-order valence-corrected chi connectivity index (χ1v) is 6.99. The van der Waals surface area contributed by atoms with Crippen molar-refractivity contribution in [2.24, 2.45) is 5.92 Å². The highest BCUT2D eigenvalue weighted by Crippen LogP contribution is 2.37. The van der Waals surface area contributed by atoms with E-state index in [9.17, 15) is 13.2 Å². The molecule has 1 aromatic carbocycles. The van der Waals surface area contributed by atoms with Gasteiger partial charge in [0.25, 0.3) is 0 Å². The van der Waals surface area contributed by atoms with E-state index in [-0.39, 0.29) is 13.0 Å². The van der Waals surface area contributed by atoms with Crippen molar-refractivity contribution in [1.29, 1.82) is 0 Å². The maximum absolute atomic E-state index is 12.8. The minimum Gasteiger partial charge on any atom is -0.355 e. The Labute approximate surface area is 113 Å². The van der Waals surface area contributed by atoms with Gasteiger partial charge in [0.15, 0.2) is 0 Å². The number of piperidine rings is 1. The Morgan fingerprint density at radius 2 is 2.05 bits per heavy atom. The second kappa shape index (κ2) is 4.67. The number of hydrogen-bond acceptors (Lipinski definition) is 3. The molecule has 1 atom stereocenters. The van der Waals surface area contributed by atoms with Crippen molar-refractivity contribution in [3.63, 3.8) is 0 Å². The van der Waals surface area contributed by atoms with Crippen LogP contribution in [0.5, 0.6) is 0 Å². The molecule has 102 valence electrons. The van der Waals surface area contributed by atoms with Crippen molar-refractivity contribution in [2.45, 2.75) is 19.0 Å². The van der Waals surface area contributed by atoms with Gasteiger partial charge < -0.3 is 4.90 Å². The number of nitrogens with zero attached hydrogens (tertiary/aromatic N) is 2. The standard InChI is InChI=1S/C13H13F3N2S/c14-13(15,16)9-4-3-7-18(8-9)12-10-5-1-2-6-11(10)19-17-12/h1-2,5-6,9H,3-4,7-8H2/t9-/m0/s1. The second-order valence-corrected chi connectivity index (χ2v) is 5.63. The van der Waals surface area contributed by atoms with E-state index in [0.29, 0.717) is 18.8 Å². The zero-order chi connectivity index (χ0) is 13.5. The van der Waals surface area contributed by atoms with Crippen LogP contribution in [0.1, 0.15) is 12.8 Å². The summed E-state index contributed by atoms with van der Waals surface area (Å²) in [5.41, 5.74) is 0. The Kier molecular flexibility index (Phi) is 3.12. The lowest BCUT2D eigenvalue weighted by molar-refractivity contribution is -0.176. The molecule has 0 bridgehead atoms. The Hall–Kier alpha value is -1.30. The van der Waals surface area contributed by atoms with Crippen molar-refractivity contribution < 1.29 is 13.2 Å². The smallest absolute Gasteiger partial charge is 0.355 e. The van der Waals surface area contributed by atoms with Crippen LogP contribution in [0.15, 0.2) is 24.3 Å². The van der Waals surface area contributed by atoms with Gasteiger partial charge in [-0.15, -0.1) is 0 Å². The summed E-state index contributed by atoms with van der Waals surface area (Å²) in [6, 6.07) is 7.68. The van der Waals surface area contributed by atoms with E-state index in [1.54, 1.807) is 4.90 Å². The van der Waals surface area contributed by atoms with Gasteiger partial charge in [-0.3, -0.25) is 0 Å². The molecule has 2 nitrogen and oxygen atoms in total. The number of fused-ring (bicyclic) bond motifs is 1. The maximum Gasteiger partial charge on any atom is 0.393 e. The fraction of sp³-hybridized carbons (Fsp3) is 0.462. The van der Waals surface area contributed by atoms with Crippen molar-refractivity contribution >= 4 is 27.4 Å². The van der Waals surface area contributed by atoms with Gasteiger partial charge in [0.1, 0.15) is 5.82 Å². The summed E-state index contributed by atoms with van der Waals surface area (Å²) in [5.74, 6) is -0.531. The first kappa shape index (κ1) is 12.7. The Morgan fingerprint density at radius 1 is 1.26 bits per heavy atom. The number of aromatic nitrogens is 1. The third kappa shape index (κ3) is 2.41. The lowest BCUT2D eigenvalue weighted by atomic mass is 9.97. The van der Waals surface area contributed by atoms with Crippen LogP contribution < -0.4 is 4.90 Å². The molecule has 6 heteroatoms. The lowest BCUT2D eigenvalue weighted by Gasteiger charge is -2.34. The van der Waals surface area contributed by atoms with Crippen molar-refractivity contribution in [2.75, 3.05) is 18.0 Å². The number of halogens is 3. The maximum atomic E-state index is 12.8. The summed E-state index contributed by atoms with van der Waals surface area (Å²) >= 11 is 1.34. The third-order valence-corrected chi connectivity index (χ3v) is 4.36. The molecule has 1 aromatic heterocycles. The van der Waals surface area contributed by atoms with E-state index in [1.807, 2.05) is 24.3 Å². The van der Waals surface area contributed by atoms with E-state index < -0.39 is 12.1 Å². The molecule has 2 aromatic rings. The number of benzene rings is 1. The summed E-state index contributed by atoms with van der Waals surface area (Å²) in [6.45, 7) is 0.678. The fourth-order valence-corrected chi connectivity index (χ4v) is 3.33. The number of anilines is 1. The zero-order valence-electron chi connectivity index (χ0n) is 10.2. The fourth-order valence-electron chi connectivity index (χ4n) is 2.54. The molecule has 0 aliphatic carbocycles. The molecule has 1 aliphatic heterocycles. The first-order chi connectivity index (χ1) is 9.05. The largest absolute Gasteiger partial charge is 0.393 e. The van der Waals surface area contributed by atoms with Gasteiger partial charge in [-0.1, -0.05) is 12.1 Å². The average molecular weight is 286 g/mol. The predicted octanol–water partition coefficient (Wildman–Crippen LogP) is 4.08. The normalized spacial score (nSPS) is 21.0. The SMILES string of the molecule is FC(F)(F)[C@H]1CCCN(c2nsc3ccccc23)C1. The molecular weight excluding hydrogens is 273 g/mol. The number of rotatable bonds is 1. The zero-order valence-corrected chi connectivity index (χ0v) is 11.0. The molecule has 1 fully saturated rings. The van der Waals surface area contributed by atoms with E-state index in [1.165, 1.54) is 11.5 Å². The van der Waals surface area contributed by atoms with E-state index in [2.05, 4.69) is 4.37 Å². The van der Waals surface area contributed by atoms with Gasteiger partial charge in [-0.05, 0) is 36.5 Å². The summed E-state index contributed by atoms with van der Waals surface area (Å²) in [5, 5.41) is 0.954. The highest BCUT2D eigenvalue weighted by molar-refractivity contribution is 7.13.